The molecule has 0 aromatic heterocycles. The number of unbranched alkanes of at least 4 members (excludes halogenated alkanes) is 7. The molecule has 0 aromatic rings. The van der Waals surface area contributed by atoms with E-state index >= 15 is 0 Å². The second-order valence-corrected chi connectivity index (χ2v) is 6.28. The Bertz CT molecular complexity index is 476. The molecule has 4 nitrogen and oxygen atoms in total. The van der Waals surface area contributed by atoms with Gasteiger partial charge in [0.1, 0.15) is 0 Å². The highest BCUT2D eigenvalue weighted by Crippen LogP contribution is 2.09. The Balaban J connectivity index is 3.90. The van der Waals surface area contributed by atoms with E-state index < -0.39 is 0 Å². The average molecular weight is 361 g/mol. The molecule has 0 spiro atoms. The van der Waals surface area contributed by atoms with E-state index in [-0.39, 0.29) is 10.6 Å². The van der Waals surface area contributed by atoms with E-state index in [1.807, 2.05) is 18.4 Å². The summed E-state index contributed by atoms with van der Waals surface area (Å²) in [5.41, 5.74) is 0.252. The van der Waals surface area contributed by atoms with Crippen LogP contribution in [0.1, 0.15) is 84.0 Å². The van der Waals surface area contributed by atoms with Crippen molar-refractivity contribution in [3.8, 4) is 0 Å². The summed E-state index contributed by atoms with van der Waals surface area (Å²) >= 11 is 0. The van der Waals surface area contributed by atoms with Gasteiger partial charge in [-0.1, -0.05) is 62.6 Å². The maximum atomic E-state index is 11.0. The Labute approximate surface area is 158 Å². The molecule has 0 aliphatic heterocycles. The first-order valence-electron chi connectivity index (χ1n) is 9.85. The quantitative estimate of drug-likeness (QED) is 0.127. The summed E-state index contributed by atoms with van der Waals surface area (Å²) in [6.07, 6.45) is 26.9. The minimum absolute atomic E-state index is 0.252. The van der Waals surface area contributed by atoms with Crippen molar-refractivity contribution in [2.75, 3.05) is 0 Å². The van der Waals surface area contributed by atoms with Gasteiger partial charge in [0.15, 0.2) is 6.29 Å². The second-order valence-electron chi connectivity index (χ2n) is 6.28. The predicted octanol–water partition coefficient (Wildman–Crippen LogP) is 6.63. The van der Waals surface area contributed by atoms with E-state index in [1.165, 1.54) is 19.3 Å². The van der Waals surface area contributed by atoms with Crippen LogP contribution in [0.2, 0.25) is 0 Å². The van der Waals surface area contributed by atoms with Crippen LogP contribution in [-0.4, -0.2) is 11.2 Å². The Hall–Kier alpha value is -1.97. The summed E-state index contributed by atoms with van der Waals surface area (Å²) in [4.78, 5) is 20.8. The van der Waals surface area contributed by atoms with Crippen molar-refractivity contribution in [2.24, 2.45) is 0 Å². The third kappa shape index (κ3) is 16.9. The SMILES string of the molecule is CCCCC/C=C/C/C=C/C/C=C/C/C(=C/CCCCC[C]=O)[N+](=O)[O-]. The zero-order chi connectivity index (χ0) is 19.3. The first-order valence-corrected chi connectivity index (χ1v) is 9.85. The van der Waals surface area contributed by atoms with Crippen LogP contribution in [0.25, 0.3) is 0 Å². The summed E-state index contributed by atoms with van der Waals surface area (Å²) in [5, 5.41) is 11.0. The highest BCUT2D eigenvalue weighted by Gasteiger charge is 2.06. The molecule has 0 atom stereocenters. The molecule has 0 saturated heterocycles. The smallest absolute Gasteiger partial charge is 0.246 e. The molecule has 0 aliphatic rings. The number of allylic oxidation sites excluding steroid dienone is 7. The first kappa shape index (κ1) is 24.0. The minimum Gasteiger partial charge on any atom is -0.291 e. The average Bonchev–Trinajstić information content (AvgIpc) is 2.63. The van der Waals surface area contributed by atoms with E-state index in [4.69, 9.17) is 0 Å². The molecule has 0 aromatic carbocycles. The molecular weight excluding hydrogens is 326 g/mol. The zero-order valence-corrected chi connectivity index (χ0v) is 16.2. The van der Waals surface area contributed by atoms with Crippen LogP contribution in [0.5, 0.6) is 0 Å². The predicted molar refractivity (Wildman–Crippen MR) is 109 cm³/mol. The van der Waals surface area contributed by atoms with E-state index in [0.717, 1.165) is 38.5 Å². The van der Waals surface area contributed by atoms with Crippen LogP contribution in [0, 0.1) is 10.1 Å². The van der Waals surface area contributed by atoms with Gasteiger partial charge >= 0.3 is 0 Å². The fourth-order valence-corrected chi connectivity index (χ4v) is 2.40. The summed E-state index contributed by atoms with van der Waals surface area (Å²) in [6.45, 7) is 2.21. The van der Waals surface area contributed by atoms with E-state index in [2.05, 4.69) is 31.2 Å². The fraction of sp³-hybridized carbons (Fsp3) is 0.591. The molecule has 0 bridgehead atoms. The molecule has 0 aliphatic carbocycles. The third-order valence-electron chi connectivity index (χ3n) is 3.94. The summed E-state index contributed by atoms with van der Waals surface area (Å²) in [7, 11) is 0. The van der Waals surface area contributed by atoms with Crippen LogP contribution >= 0.6 is 0 Å². The van der Waals surface area contributed by atoms with Gasteiger partial charge in [-0.3, -0.25) is 14.9 Å². The minimum atomic E-state index is -0.303. The van der Waals surface area contributed by atoms with Gasteiger partial charge in [0.2, 0.25) is 5.70 Å². The van der Waals surface area contributed by atoms with Crippen molar-refractivity contribution in [3.63, 3.8) is 0 Å². The Morgan fingerprint density at radius 2 is 1.54 bits per heavy atom. The number of nitrogens with zero attached hydrogens (tertiary/aromatic N) is 1. The molecule has 0 heterocycles. The van der Waals surface area contributed by atoms with Gasteiger partial charge in [0, 0.05) is 6.42 Å². The van der Waals surface area contributed by atoms with Crippen molar-refractivity contribution < 1.29 is 9.72 Å². The van der Waals surface area contributed by atoms with Crippen LogP contribution in [-0.2, 0) is 4.79 Å². The van der Waals surface area contributed by atoms with E-state index in [1.54, 1.807) is 6.08 Å². The van der Waals surface area contributed by atoms with Gasteiger partial charge in [0.25, 0.3) is 0 Å². The highest BCUT2D eigenvalue weighted by atomic mass is 16.6. The van der Waals surface area contributed by atoms with Crippen molar-refractivity contribution in [1.82, 2.24) is 0 Å². The maximum absolute atomic E-state index is 11.0. The number of hydrogen-bond donors (Lipinski definition) is 0. The van der Waals surface area contributed by atoms with Gasteiger partial charge in [-0.15, -0.1) is 0 Å². The monoisotopic (exact) mass is 360 g/mol. The molecule has 0 saturated carbocycles. The zero-order valence-electron chi connectivity index (χ0n) is 16.2. The van der Waals surface area contributed by atoms with Gasteiger partial charge in [0.05, 0.1) is 11.3 Å². The Kier molecular flexibility index (Phi) is 17.9. The number of hydrogen-bond acceptors (Lipinski definition) is 3. The van der Waals surface area contributed by atoms with Crippen molar-refractivity contribution >= 4 is 6.29 Å². The highest BCUT2D eigenvalue weighted by molar-refractivity contribution is 5.50. The largest absolute Gasteiger partial charge is 0.291 e. The summed E-state index contributed by atoms with van der Waals surface area (Å²) < 4.78 is 0. The first-order chi connectivity index (χ1) is 12.7. The fourth-order valence-electron chi connectivity index (χ4n) is 2.40. The number of rotatable bonds is 17. The lowest BCUT2D eigenvalue weighted by molar-refractivity contribution is -0.427. The van der Waals surface area contributed by atoms with Crippen LogP contribution in [0.4, 0.5) is 0 Å². The normalized spacial score (nSPS) is 12.6. The standard InChI is InChI=1S/C22H34NO3/c1-2-3-4-5-6-7-8-9-10-11-13-16-19-22(23(25)26)20-17-14-12-15-18-21-24/h6-7,9-10,13,16,20H,2-5,8,11-12,14-15,17-19H2,1H3/b7-6+,10-9+,16-13+,22-20-. The van der Waals surface area contributed by atoms with Crippen molar-refractivity contribution in [2.45, 2.75) is 84.0 Å². The van der Waals surface area contributed by atoms with Gasteiger partial charge in [-0.05, 0) is 51.0 Å². The lowest BCUT2D eigenvalue weighted by Crippen LogP contribution is -1.97. The van der Waals surface area contributed by atoms with Gasteiger partial charge < -0.3 is 0 Å². The van der Waals surface area contributed by atoms with Crippen LogP contribution in [0.15, 0.2) is 48.2 Å². The van der Waals surface area contributed by atoms with E-state index in [0.29, 0.717) is 19.3 Å². The molecule has 0 fully saturated rings. The Morgan fingerprint density at radius 3 is 2.19 bits per heavy atom. The lowest BCUT2D eigenvalue weighted by atomic mass is 10.1. The number of carbonyl (C=O) groups excluding carboxylic acids is 1. The Morgan fingerprint density at radius 1 is 0.885 bits per heavy atom. The topological polar surface area (TPSA) is 60.2 Å². The van der Waals surface area contributed by atoms with Crippen molar-refractivity contribution in [3.05, 3.63) is 58.3 Å². The molecule has 0 rings (SSSR count). The molecule has 26 heavy (non-hydrogen) atoms. The lowest BCUT2D eigenvalue weighted by Gasteiger charge is -1.96. The molecular formula is C22H34NO3. The number of nitro groups is 1. The summed E-state index contributed by atoms with van der Waals surface area (Å²) in [5.74, 6) is 0. The molecule has 4 heteroatoms. The third-order valence-corrected chi connectivity index (χ3v) is 3.94. The van der Waals surface area contributed by atoms with Gasteiger partial charge in [-0.2, -0.15) is 0 Å². The molecule has 1 radical (unpaired) electrons. The molecule has 145 valence electrons. The van der Waals surface area contributed by atoms with Crippen LogP contribution in [0.3, 0.4) is 0 Å². The van der Waals surface area contributed by atoms with E-state index in [9.17, 15) is 14.9 Å². The summed E-state index contributed by atoms with van der Waals surface area (Å²) in [6, 6.07) is 0. The second kappa shape index (κ2) is 19.4. The molecule has 0 amide bonds. The van der Waals surface area contributed by atoms with Crippen molar-refractivity contribution in [1.29, 1.82) is 0 Å². The van der Waals surface area contributed by atoms with Gasteiger partial charge in [-0.25, -0.2) is 0 Å². The molecule has 0 unspecified atom stereocenters. The molecule has 0 N–H and O–H groups in total. The maximum Gasteiger partial charge on any atom is 0.246 e. The van der Waals surface area contributed by atoms with Crippen LogP contribution < -0.4 is 0 Å².